The molecule has 1 aromatic rings. The van der Waals surface area contributed by atoms with E-state index in [0.717, 1.165) is 18.2 Å². The van der Waals surface area contributed by atoms with Crippen molar-refractivity contribution < 1.29 is 13.2 Å². The van der Waals surface area contributed by atoms with Crippen molar-refractivity contribution in [1.29, 1.82) is 0 Å². The molecule has 0 amide bonds. The largest absolute Gasteiger partial charge is 0.418 e. The second-order valence-electron chi connectivity index (χ2n) is 3.70. The van der Waals surface area contributed by atoms with Crippen LogP contribution in [0.3, 0.4) is 0 Å². The molecule has 7 heteroatoms. The summed E-state index contributed by atoms with van der Waals surface area (Å²) < 4.78 is 38.5. The van der Waals surface area contributed by atoms with Crippen molar-refractivity contribution in [3.05, 3.63) is 28.8 Å². The highest BCUT2D eigenvalue weighted by atomic mass is 35.5. The number of anilines is 1. The van der Waals surface area contributed by atoms with Crippen LogP contribution >= 0.6 is 23.4 Å². The second kappa shape index (κ2) is 5.40. The van der Waals surface area contributed by atoms with Crippen LogP contribution < -0.4 is 5.32 Å². The molecule has 2 rings (SSSR count). The summed E-state index contributed by atoms with van der Waals surface area (Å²) in [5.41, 5.74) is -0.788. The van der Waals surface area contributed by atoms with Crippen molar-refractivity contribution in [2.24, 2.45) is 4.99 Å². The molecule has 1 heterocycles. The Morgan fingerprint density at radius 2 is 2.11 bits per heavy atom. The zero-order valence-electron chi connectivity index (χ0n) is 9.22. The zero-order chi connectivity index (χ0) is 13.2. The summed E-state index contributed by atoms with van der Waals surface area (Å²) in [4.78, 5) is 4.14. The molecule has 1 N–H and O–H groups in total. The van der Waals surface area contributed by atoms with Gasteiger partial charge >= 0.3 is 6.18 Å². The lowest BCUT2D eigenvalue weighted by Crippen LogP contribution is -2.17. The number of hydrogen-bond acceptors (Lipinski definition) is 3. The smallest absolute Gasteiger partial charge is 0.334 e. The van der Waals surface area contributed by atoms with Gasteiger partial charge in [-0.1, -0.05) is 23.4 Å². The Balaban J connectivity index is 2.29. The molecule has 18 heavy (non-hydrogen) atoms. The maximum atomic E-state index is 12.8. The number of benzene rings is 1. The summed E-state index contributed by atoms with van der Waals surface area (Å²) in [5, 5.41) is 3.30. The molecule has 0 atom stereocenters. The average Bonchev–Trinajstić information content (AvgIpc) is 2.31. The molecule has 1 aliphatic heterocycles. The Bertz CT molecular complexity index is 474. The third kappa shape index (κ3) is 3.32. The van der Waals surface area contributed by atoms with Crippen molar-refractivity contribution in [3.63, 3.8) is 0 Å². The molecular formula is C11H10ClF3N2S. The van der Waals surface area contributed by atoms with Gasteiger partial charge in [-0.05, 0) is 24.6 Å². The lowest BCUT2D eigenvalue weighted by Gasteiger charge is -2.17. The maximum Gasteiger partial charge on any atom is 0.418 e. The fourth-order valence-electron chi connectivity index (χ4n) is 1.51. The Kier molecular flexibility index (Phi) is 4.07. The highest BCUT2D eigenvalue weighted by Gasteiger charge is 2.34. The Labute approximate surface area is 112 Å². The van der Waals surface area contributed by atoms with Gasteiger partial charge in [0.25, 0.3) is 0 Å². The van der Waals surface area contributed by atoms with E-state index in [1.54, 1.807) is 0 Å². The number of nitrogens with zero attached hydrogens (tertiary/aromatic N) is 1. The molecule has 0 saturated carbocycles. The predicted molar refractivity (Wildman–Crippen MR) is 69.5 cm³/mol. The van der Waals surface area contributed by atoms with Crippen LogP contribution in [0.1, 0.15) is 12.0 Å². The highest BCUT2D eigenvalue weighted by molar-refractivity contribution is 8.14. The van der Waals surface area contributed by atoms with E-state index in [4.69, 9.17) is 11.6 Å². The average molecular weight is 295 g/mol. The SMILES string of the molecule is FC(F)(F)c1cc(Cl)ccc1NC1=NCCCS1. The fourth-order valence-corrected chi connectivity index (χ4v) is 2.51. The van der Waals surface area contributed by atoms with Crippen molar-refractivity contribution in [2.45, 2.75) is 12.6 Å². The van der Waals surface area contributed by atoms with E-state index in [0.29, 0.717) is 11.7 Å². The van der Waals surface area contributed by atoms with E-state index in [9.17, 15) is 13.2 Å². The van der Waals surface area contributed by atoms with Crippen LogP contribution in [0.15, 0.2) is 23.2 Å². The number of thioether (sulfide) groups is 1. The molecule has 0 unspecified atom stereocenters. The molecule has 0 spiro atoms. The number of nitrogens with one attached hydrogen (secondary N) is 1. The van der Waals surface area contributed by atoms with Crippen LogP contribution in [-0.2, 0) is 6.18 Å². The molecule has 0 aliphatic carbocycles. The molecule has 1 aliphatic rings. The number of halogens is 4. The quantitative estimate of drug-likeness (QED) is 0.837. The third-order valence-corrected chi connectivity index (χ3v) is 3.56. The van der Waals surface area contributed by atoms with Gasteiger partial charge in [0.15, 0.2) is 5.17 Å². The second-order valence-corrected chi connectivity index (χ2v) is 5.22. The highest BCUT2D eigenvalue weighted by Crippen LogP contribution is 2.37. The van der Waals surface area contributed by atoms with Crippen LogP contribution in [0.25, 0.3) is 0 Å². The minimum absolute atomic E-state index is 0.0138. The molecule has 0 fully saturated rings. The topological polar surface area (TPSA) is 24.4 Å². The van der Waals surface area contributed by atoms with Gasteiger partial charge in [0, 0.05) is 17.3 Å². The van der Waals surface area contributed by atoms with Gasteiger partial charge in [0.1, 0.15) is 0 Å². The predicted octanol–water partition coefficient (Wildman–Crippen LogP) is 4.26. The van der Waals surface area contributed by atoms with E-state index >= 15 is 0 Å². The van der Waals surface area contributed by atoms with Gasteiger partial charge in [0.05, 0.1) is 11.3 Å². The normalized spacial score (nSPS) is 16.3. The molecule has 2 nitrogen and oxygen atoms in total. The molecular weight excluding hydrogens is 285 g/mol. The summed E-state index contributed by atoms with van der Waals surface area (Å²) in [6.45, 7) is 0.643. The maximum absolute atomic E-state index is 12.8. The molecule has 0 radical (unpaired) electrons. The first kappa shape index (κ1) is 13.5. The van der Waals surface area contributed by atoms with E-state index in [1.807, 2.05) is 0 Å². The summed E-state index contributed by atoms with van der Waals surface area (Å²) in [6.07, 6.45) is -3.49. The Morgan fingerprint density at radius 3 is 2.72 bits per heavy atom. The summed E-state index contributed by atoms with van der Waals surface area (Å²) >= 11 is 7.02. The Hall–Kier alpha value is -0.880. The summed E-state index contributed by atoms with van der Waals surface area (Å²) in [7, 11) is 0. The monoisotopic (exact) mass is 294 g/mol. The van der Waals surface area contributed by atoms with Crippen molar-refractivity contribution >= 4 is 34.2 Å². The van der Waals surface area contributed by atoms with Crippen LogP contribution in [0, 0.1) is 0 Å². The van der Waals surface area contributed by atoms with Crippen LogP contribution in [-0.4, -0.2) is 17.5 Å². The van der Waals surface area contributed by atoms with Gasteiger partial charge < -0.3 is 5.32 Å². The van der Waals surface area contributed by atoms with Gasteiger partial charge in [0.2, 0.25) is 0 Å². The number of rotatable bonds is 1. The van der Waals surface area contributed by atoms with Crippen molar-refractivity contribution in [2.75, 3.05) is 17.6 Å². The molecule has 0 saturated heterocycles. The first-order valence-corrected chi connectivity index (χ1v) is 6.64. The van der Waals surface area contributed by atoms with Gasteiger partial charge in [-0.2, -0.15) is 13.2 Å². The van der Waals surface area contributed by atoms with Crippen LogP contribution in [0.4, 0.5) is 18.9 Å². The standard InChI is InChI=1S/C11H10ClF3N2S/c12-7-2-3-9(8(6-7)11(13,14)15)17-10-16-4-1-5-18-10/h2-3,6H,1,4-5H2,(H,16,17). The molecule has 1 aromatic carbocycles. The number of aliphatic imine (C=N–C) groups is 1. The van der Waals surface area contributed by atoms with Crippen molar-refractivity contribution in [3.8, 4) is 0 Å². The van der Waals surface area contributed by atoms with E-state index < -0.39 is 11.7 Å². The number of alkyl halides is 3. The van der Waals surface area contributed by atoms with Gasteiger partial charge in [-0.15, -0.1) is 0 Å². The Morgan fingerprint density at radius 1 is 1.33 bits per heavy atom. The molecule has 0 bridgehead atoms. The van der Waals surface area contributed by atoms with Crippen LogP contribution in [0.2, 0.25) is 5.02 Å². The first-order chi connectivity index (χ1) is 8.47. The van der Waals surface area contributed by atoms with E-state index in [2.05, 4.69) is 10.3 Å². The number of hydrogen-bond donors (Lipinski definition) is 1. The van der Waals surface area contributed by atoms with Gasteiger partial charge in [-0.3, -0.25) is 4.99 Å². The first-order valence-electron chi connectivity index (χ1n) is 5.28. The lowest BCUT2D eigenvalue weighted by molar-refractivity contribution is -0.136. The van der Waals surface area contributed by atoms with E-state index in [-0.39, 0.29) is 10.7 Å². The van der Waals surface area contributed by atoms with Gasteiger partial charge in [-0.25, -0.2) is 0 Å². The van der Waals surface area contributed by atoms with Crippen LogP contribution in [0.5, 0.6) is 0 Å². The fraction of sp³-hybridized carbons (Fsp3) is 0.364. The summed E-state index contributed by atoms with van der Waals surface area (Å²) in [6, 6.07) is 3.66. The number of amidine groups is 1. The third-order valence-electron chi connectivity index (χ3n) is 2.33. The van der Waals surface area contributed by atoms with E-state index in [1.165, 1.54) is 23.9 Å². The molecule has 98 valence electrons. The molecule has 0 aromatic heterocycles. The lowest BCUT2D eigenvalue weighted by atomic mass is 10.1. The van der Waals surface area contributed by atoms with Crippen molar-refractivity contribution in [1.82, 2.24) is 0 Å². The zero-order valence-corrected chi connectivity index (χ0v) is 10.8. The minimum atomic E-state index is -4.44. The summed E-state index contributed by atoms with van der Waals surface area (Å²) in [5.74, 6) is 0.862. The minimum Gasteiger partial charge on any atom is -0.334 e.